The number of likely N-dealkylation sites (N-methyl/N-ethyl adjacent to an activating group) is 1. The molecule has 6 nitrogen and oxygen atoms in total. The molecule has 2 aliphatic heterocycles. The standard InChI is InChI=1S/C20H25N5OS/c1-12-14-10-26-20(2,3)9-13(14)15-16-17(27-19(15)23-12)18(22-11-21-16)25-7-5-24(4)6-8-25/h11H,5-10H2,1-4H3. The Kier molecular flexibility index (Phi) is 3.90. The third kappa shape index (κ3) is 2.80. The number of hydrogen-bond acceptors (Lipinski definition) is 7. The maximum absolute atomic E-state index is 6.06. The molecule has 1 fully saturated rings. The first kappa shape index (κ1) is 17.3. The lowest BCUT2D eigenvalue weighted by molar-refractivity contribution is -0.0400. The van der Waals surface area contributed by atoms with E-state index < -0.39 is 0 Å². The number of hydrogen-bond donors (Lipinski definition) is 0. The highest BCUT2D eigenvalue weighted by molar-refractivity contribution is 7.26. The van der Waals surface area contributed by atoms with Crippen molar-refractivity contribution in [3.63, 3.8) is 0 Å². The van der Waals surface area contributed by atoms with E-state index in [2.05, 4.69) is 42.6 Å². The van der Waals surface area contributed by atoms with Gasteiger partial charge in [0.1, 0.15) is 17.0 Å². The number of rotatable bonds is 1. The van der Waals surface area contributed by atoms with E-state index in [1.807, 2.05) is 0 Å². The molecule has 27 heavy (non-hydrogen) atoms. The average Bonchev–Trinajstić information content (AvgIpc) is 3.00. The molecule has 0 amide bonds. The molecule has 3 aromatic heterocycles. The van der Waals surface area contributed by atoms with Crippen LogP contribution in [0, 0.1) is 6.92 Å². The second-order valence-corrected chi connectivity index (χ2v) is 9.33. The molecule has 0 saturated carbocycles. The van der Waals surface area contributed by atoms with E-state index in [0.717, 1.165) is 54.5 Å². The number of piperazine rings is 1. The van der Waals surface area contributed by atoms with Crippen molar-refractivity contribution < 1.29 is 4.74 Å². The largest absolute Gasteiger partial charge is 0.370 e. The van der Waals surface area contributed by atoms with E-state index in [-0.39, 0.29) is 5.60 Å². The van der Waals surface area contributed by atoms with Crippen LogP contribution in [-0.4, -0.2) is 58.7 Å². The normalized spacial score (nSPS) is 20.4. The van der Waals surface area contributed by atoms with Crippen LogP contribution in [-0.2, 0) is 17.8 Å². The van der Waals surface area contributed by atoms with E-state index in [4.69, 9.17) is 14.7 Å². The van der Waals surface area contributed by atoms with Gasteiger partial charge in [0.15, 0.2) is 0 Å². The summed E-state index contributed by atoms with van der Waals surface area (Å²) < 4.78 is 7.23. The number of pyridine rings is 1. The molecule has 7 heteroatoms. The Labute approximate surface area is 163 Å². The number of thiophene rings is 1. The highest BCUT2D eigenvalue weighted by Gasteiger charge is 2.31. The van der Waals surface area contributed by atoms with Crippen molar-refractivity contribution in [1.29, 1.82) is 0 Å². The summed E-state index contributed by atoms with van der Waals surface area (Å²) in [7, 11) is 2.18. The van der Waals surface area contributed by atoms with E-state index in [0.29, 0.717) is 6.61 Å². The van der Waals surface area contributed by atoms with Crippen molar-refractivity contribution in [3.05, 3.63) is 23.1 Å². The Morgan fingerprint density at radius 1 is 1.11 bits per heavy atom. The van der Waals surface area contributed by atoms with Crippen LogP contribution < -0.4 is 4.90 Å². The van der Waals surface area contributed by atoms with Crippen LogP contribution in [0.3, 0.4) is 0 Å². The van der Waals surface area contributed by atoms with Crippen LogP contribution in [0.25, 0.3) is 20.4 Å². The van der Waals surface area contributed by atoms with Gasteiger partial charge in [-0.3, -0.25) is 0 Å². The minimum absolute atomic E-state index is 0.157. The van der Waals surface area contributed by atoms with Crippen LogP contribution in [0.1, 0.15) is 30.7 Å². The molecule has 1 saturated heterocycles. The van der Waals surface area contributed by atoms with Gasteiger partial charge in [-0.15, -0.1) is 11.3 Å². The summed E-state index contributed by atoms with van der Waals surface area (Å²) in [6.07, 6.45) is 2.61. The molecule has 142 valence electrons. The van der Waals surface area contributed by atoms with Crippen LogP contribution in [0.5, 0.6) is 0 Å². The fourth-order valence-electron chi connectivity index (χ4n) is 4.20. The lowest BCUT2D eigenvalue weighted by Crippen LogP contribution is -2.44. The van der Waals surface area contributed by atoms with Gasteiger partial charge in [0, 0.05) is 49.2 Å². The number of fused-ring (bicyclic) bond motifs is 5. The smallest absolute Gasteiger partial charge is 0.150 e. The predicted molar refractivity (Wildman–Crippen MR) is 110 cm³/mol. The molecule has 5 heterocycles. The second-order valence-electron chi connectivity index (χ2n) is 8.33. The Balaban J connectivity index is 1.73. The van der Waals surface area contributed by atoms with Gasteiger partial charge < -0.3 is 14.5 Å². The third-order valence-electron chi connectivity index (χ3n) is 5.82. The summed E-state index contributed by atoms with van der Waals surface area (Å²) >= 11 is 1.74. The number of ether oxygens (including phenoxy) is 1. The van der Waals surface area contributed by atoms with Crippen molar-refractivity contribution in [3.8, 4) is 0 Å². The van der Waals surface area contributed by atoms with Gasteiger partial charge in [0.25, 0.3) is 0 Å². The molecule has 0 atom stereocenters. The highest BCUT2D eigenvalue weighted by atomic mass is 32.1. The molecule has 0 bridgehead atoms. The number of aryl methyl sites for hydroxylation is 1. The first-order valence-electron chi connectivity index (χ1n) is 9.56. The third-order valence-corrected chi connectivity index (χ3v) is 6.89. The van der Waals surface area contributed by atoms with Crippen LogP contribution in [0.15, 0.2) is 6.33 Å². The monoisotopic (exact) mass is 383 g/mol. The summed E-state index contributed by atoms with van der Waals surface area (Å²) in [6, 6.07) is 0. The quantitative estimate of drug-likeness (QED) is 0.643. The molecule has 0 spiro atoms. The zero-order valence-electron chi connectivity index (χ0n) is 16.4. The summed E-state index contributed by atoms with van der Waals surface area (Å²) in [4.78, 5) is 20.1. The molecule has 0 unspecified atom stereocenters. The topological polar surface area (TPSA) is 54.4 Å². The van der Waals surface area contributed by atoms with Crippen molar-refractivity contribution in [2.75, 3.05) is 38.1 Å². The SMILES string of the molecule is Cc1nc2sc3c(N4CCN(C)CC4)ncnc3c2c2c1COC(C)(C)C2. The van der Waals surface area contributed by atoms with Gasteiger partial charge in [-0.1, -0.05) is 0 Å². The van der Waals surface area contributed by atoms with Crippen LogP contribution >= 0.6 is 11.3 Å². The van der Waals surface area contributed by atoms with E-state index in [1.54, 1.807) is 17.7 Å². The molecule has 3 aromatic rings. The maximum Gasteiger partial charge on any atom is 0.150 e. The van der Waals surface area contributed by atoms with Gasteiger partial charge in [0.2, 0.25) is 0 Å². The Hall–Kier alpha value is -1.83. The summed E-state index contributed by atoms with van der Waals surface area (Å²) in [5, 5.41) is 1.21. The molecule has 0 aliphatic carbocycles. The summed E-state index contributed by atoms with van der Waals surface area (Å²) in [5.41, 5.74) is 4.58. The molecule has 0 radical (unpaired) electrons. The Morgan fingerprint density at radius 3 is 2.67 bits per heavy atom. The van der Waals surface area contributed by atoms with Crippen molar-refractivity contribution in [1.82, 2.24) is 19.9 Å². The van der Waals surface area contributed by atoms with E-state index in [1.165, 1.54) is 21.2 Å². The number of anilines is 1. The molecular formula is C20H25N5OS. The van der Waals surface area contributed by atoms with Crippen molar-refractivity contribution in [2.45, 2.75) is 39.4 Å². The number of aromatic nitrogens is 3. The molecule has 5 rings (SSSR count). The summed E-state index contributed by atoms with van der Waals surface area (Å²) in [6.45, 7) is 11.2. The first-order valence-corrected chi connectivity index (χ1v) is 10.4. The molecule has 2 aliphatic rings. The second kappa shape index (κ2) is 6.09. The zero-order chi connectivity index (χ0) is 18.8. The van der Waals surface area contributed by atoms with Crippen LogP contribution in [0.4, 0.5) is 5.82 Å². The lowest BCUT2D eigenvalue weighted by Gasteiger charge is -2.33. The van der Waals surface area contributed by atoms with Gasteiger partial charge in [-0.2, -0.15) is 0 Å². The highest BCUT2D eigenvalue weighted by Crippen LogP contribution is 2.42. The lowest BCUT2D eigenvalue weighted by atomic mass is 9.89. The molecule has 0 N–H and O–H groups in total. The minimum Gasteiger partial charge on any atom is -0.370 e. The van der Waals surface area contributed by atoms with E-state index >= 15 is 0 Å². The number of nitrogens with zero attached hydrogens (tertiary/aromatic N) is 5. The fourth-order valence-corrected chi connectivity index (χ4v) is 5.42. The van der Waals surface area contributed by atoms with Crippen molar-refractivity contribution in [2.24, 2.45) is 0 Å². The molecular weight excluding hydrogens is 358 g/mol. The van der Waals surface area contributed by atoms with Gasteiger partial charge in [-0.05, 0) is 33.4 Å². The maximum atomic E-state index is 6.06. The summed E-state index contributed by atoms with van der Waals surface area (Å²) in [5.74, 6) is 1.06. The fraction of sp³-hybridized carbons (Fsp3) is 0.550. The van der Waals surface area contributed by atoms with Gasteiger partial charge in [0.05, 0.1) is 22.4 Å². The first-order chi connectivity index (χ1) is 12.9. The Bertz CT molecular complexity index is 1040. The van der Waals surface area contributed by atoms with Crippen molar-refractivity contribution >= 4 is 37.6 Å². The van der Waals surface area contributed by atoms with Crippen LogP contribution in [0.2, 0.25) is 0 Å². The van der Waals surface area contributed by atoms with E-state index in [9.17, 15) is 0 Å². The van der Waals surface area contributed by atoms with Gasteiger partial charge in [-0.25, -0.2) is 15.0 Å². The van der Waals surface area contributed by atoms with Gasteiger partial charge >= 0.3 is 0 Å². The zero-order valence-corrected chi connectivity index (χ0v) is 17.2. The Morgan fingerprint density at radius 2 is 1.89 bits per heavy atom. The molecule has 0 aromatic carbocycles. The average molecular weight is 384 g/mol. The minimum atomic E-state index is -0.157. The predicted octanol–water partition coefficient (Wildman–Crippen LogP) is 3.15.